The molecule has 0 spiro atoms. The number of nitrogens with zero attached hydrogens (tertiary/aromatic N) is 2. The van der Waals surface area contributed by atoms with Crippen LogP contribution >= 0.6 is 0 Å². The number of aryl methyl sites for hydroxylation is 1. The van der Waals surface area contributed by atoms with Gasteiger partial charge in [0.05, 0.1) is 6.42 Å². The van der Waals surface area contributed by atoms with Gasteiger partial charge in [0.1, 0.15) is 11.6 Å². The molecule has 1 saturated heterocycles. The molecule has 4 nitrogen and oxygen atoms in total. The Morgan fingerprint density at radius 2 is 2.31 bits per heavy atom. The van der Waals surface area contributed by atoms with Crippen LogP contribution in [0.1, 0.15) is 25.6 Å². The van der Waals surface area contributed by atoms with Gasteiger partial charge in [0.2, 0.25) is 0 Å². The molecule has 16 heavy (non-hydrogen) atoms. The van der Waals surface area contributed by atoms with Gasteiger partial charge < -0.3 is 9.88 Å². The maximum Gasteiger partial charge on any atom is 0.143 e. The summed E-state index contributed by atoms with van der Waals surface area (Å²) in [4.78, 5) is 16.3. The highest BCUT2D eigenvalue weighted by Crippen LogP contribution is 2.15. The number of carbonyl (C=O) groups excluding carboxylic acids is 1. The second kappa shape index (κ2) is 5.25. The lowest BCUT2D eigenvalue weighted by Crippen LogP contribution is -2.32. The van der Waals surface area contributed by atoms with Crippen LogP contribution in [0.2, 0.25) is 0 Å². The number of nitrogens with one attached hydrogen (secondary N) is 1. The van der Waals surface area contributed by atoms with E-state index >= 15 is 0 Å². The summed E-state index contributed by atoms with van der Waals surface area (Å²) in [6, 6.07) is 0. The molecule has 2 heterocycles. The van der Waals surface area contributed by atoms with Gasteiger partial charge in [0, 0.05) is 24.9 Å². The third kappa shape index (κ3) is 2.50. The van der Waals surface area contributed by atoms with Crippen molar-refractivity contribution in [1.82, 2.24) is 14.9 Å². The van der Waals surface area contributed by atoms with Crippen molar-refractivity contribution >= 4 is 5.78 Å². The third-order valence-corrected chi connectivity index (χ3v) is 3.27. The van der Waals surface area contributed by atoms with E-state index in [1.807, 2.05) is 10.8 Å². The number of hydrogen-bond acceptors (Lipinski definition) is 3. The summed E-state index contributed by atoms with van der Waals surface area (Å²) in [6.07, 6.45) is 6.16. The normalized spacial score (nSPS) is 17.6. The molecule has 0 unspecified atom stereocenters. The molecule has 0 atom stereocenters. The highest BCUT2D eigenvalue weighted by Gasteiger charge is 2.21. The number of ketones is 1. The van der Waals surface area contributed by atoms with Gasteiger partial charge in [-0.15, -0.1) is 0 Å². The topological polar surface area (TPSA) is 46.9 Å². The quantitative estimate of drug-likeness (QED) is 0.825. The summed E-state index contributed by atoms with van der Waals surface area (Å²) in [5.74, 6) is 1.50. The van der Waals surface area contributed by atoms with E-state index in [2.05, 4.69) is 17.2 Å². The molecule has 0 bridgehead atoms. The van der Waals surface area contributed by atoms with E-state index in [4.69, 9.17) is 0 Å². The number of aromatic nitrogens is 2. The van der Waals surface area contributed by atoms with Crippen molar-refractivity contribution in [1.29, 1.82) is 0 Å². The Balaban J connectivity index is 1.95. The minimum atomic E-state index is 0.239. The van der Waals surface area contributed by atoms with Crippen LogP contribution in [0.5, 0.6) is 0 Å². The molecule has 1 fully saturated rings. The van der Waals surface area contributed by atoms with E-state index < -0.39 is 0 Å². The first kappa shape index (κ1) is 11.3. The number of piperidine rings is 1. The molecule has 4 heteroatoms. The zero-order chi connectivity index (χ0) is 11.4. The minimum absolute atomic E-state index is 0.239. The van der Waals surface area contributed by atoms with Crippen molar-refractivity contribution in [2.24, 2.45) is 5.92 Å². The smallest absolute Gasteiger partial charge is 0.143 e. The van der Waals surface area contributed by atoms with Crippen LogP contribution in [0.3, 0.4) is 0 Å². The molecule has 1 aliphatic heterocycles. The van der Waals surface area contributed by atoms with Gasteiger partial charge in [-0.25, -0.2) is 4.98 Å². The van der Waals surface area contributed by atoms with Gasteiger partial charge in [-0.2, -0.15) is 0 Å². The van der Waals surface area contributed by atoms with E-state index in [-0.39, 0.29) is 5.92 Å². The molecule has 0 aliphatic carbocycles. The summed E-state index contributed by atoms with van der Waals surface area (Å²) in [6.45, 7) is 4.90. The molecular formula is C12H19N3O. The van der Waals surface area contributed by atoms with E-state index in [9.17, 15) is 4.79 Å². The fourth-order valence-electron chi connectivity index (χ4n) is 2.24. The molecule has 0 saturated carbocycles. The van der Waals surface area contributed by atoms with Gasteiger partial charge >= 0.3 is 0 Å². The van der Waals surface area contributed by atoms with Crippen molar-refractivity contribution in [2.75, 3.05) is 13.1 Å². The zero-order valence-electron chi connectivity index (χ0n) is 9.78. The Morgan fingerprint density at radius 3 is 3.00 bits per heavy atom. The molecule has 0 amide bonds. The average molecular weight is 221 g/mol. The van der Waals surface area contributed by atoms with Crippen LogP contribution in [0.25, 0.3) is 0 Å². The fraction of sp³-hybridized carbons (Fsp3) is 0.667. The minimum Gasteiger partial charge on any atom is -0.335 e. The Kier molecular flexibility index (Phi) is 3.72. The van der Waals surface area contributed by atoms with Crippen LogP contribution in [0.15, 0.2) is 12.4 Å². The van der Waals surface area contributed by atoms with Gasteiger partial charge in [-0.05, 0) is 32.9 Å². The Morgan fingerprint density at radius 1 is 1.56 bits per heavy atom. The molecular weight excluding hydrogens is 202 g/mol. The molecule has 0 aromatic carbocycles. The lowest BCUT2D eigenvalue weighted by molar-refractivity contribution is -0.123. The molecule has 1 aromatic heterocycles. The second-order valence-electron chi connectivity index (χ2n) is 4.30. The first-order valence-electron chi connectivity index (χ1n) is 6.04. The molecule has 2 rings (SSSR count). The summed E-state index contributed by atoms with van der Waals surface area (Å²) < 4.78 is 2.04. The third-order valence-electron chi connectivity index (χ3n) is 3.27. The highest BCUT2D eigenvalue weighted by atomic mass is 16.1. The first-order chi connectivity index (χ1) is 7.81. The Hall–Kier alpha value is -1.16. The summed E-state index contributed by atoms with van der Waals surface area (Å²) in [7, 11) is 0. The number of hydrogen-bond donors (Lipinski definition) is 1. The molecule has 1 N–H and O–H groups in total. The first-order valence-corrected chi connectivity index (χ1v) is 6.04. The van der Waals surface area contributed by atoms with Crippen LogP contribution in [0, 0.1) is 5.92 Å². The van der Waals surface area contributed by atoms with Gasteiger partial charge in [-0.1, -0.05) is 0 Å². The van der Waals surface area contributed by atoms with Crippen molar-refractivity contribution in [2.45, 2.75) is 32.7 Å². The standard InChI is InChI=1S/C12H19N3O/c1-2-15-8-7-14-12(15)9-11(16)10-3-5-13-6-4-10/h7-8,10,13H,2-6,9H2,1H3. The lowest BCUT2D eigenvalue weighted by Gasteiger charge is -2.21. The number of Topliss-reactive ketones (excluding diaryl/α,β-unsaturated/α-hetero) is 1. The maximum absolute atomic E-state index is 12.1. The molecule has 1 aliphatic rings. The van der Waals surface area contributed by atoms with Gasteiger partial charge in [0.25, 0.3) is 0 Å². The maximum atomic E-state index is 12.1. The number of carbonyl (C=O) groups is 1. The van der Waals surface area contributed by atoms with Crippen molar-refractivity contribution < 1.29 is 4.79 Å². The van der Waals surface area contributed by atoms with Gasteiger partial charge in [-0.3, -0.25) is 4.79 Å². The number of imidazole rings is 1. The fourth-order valence-corrected chi connectivity index (χ4v) is 2.24. The van der Waals surface area contributed by atoms with Crippen molar-refractivity contribution in [3.63, 3.8) is 0 Å². The second-order valence-corrected chi connectivity index (χ2v) is 4.30. The summed E-state index contributed by atoms with van der Waals surface area (Å²) in [5.41, 5.74) is 0. The van der Waals surface area contributed by atoms with E-state index in [1.54, 1.807) is 6.20 Å². The summed E-state index contributed by atoms with van der Waals surface area (Å²) >= 11 is 0. The molecule has 1 aromatic rings. The monoisotopic (exact) mass is 221 g/mol. The van der Waals surface area contributed by atoms with Crippen molar-refractivity contribution in [3.8, 4) is 0 Å². The molecule has 88 valence electrons. The largest absolute Gasteiger partial charge is 0.335 e. The lowest BCUT2D eigenvalue weighted by atomic mass is 9.92. The van der Waals surface area contributed by atoms with Crippen molar-refractivity contribution in [3.05, 3.63) is 18.2 Å². The Bertz CT molecular complexity index is 353. The molecule has 0 radical (unpaired) electrons. The van der Waals surface area contributed by atoms with Gasteiger partial charge in [0.15, 0.2) is 0 Å². The van der Waals surface area contributed by atoms with Crippen LogP contribution in [-0.4, -0.2) is 28.4 Å². The number of rotatable bonds is 4. The van der Waals surface area contributed by atoms with E-state index in [0.29, 0.717) is 12.2 Å². The van der Waals surface area contributed by atoms with Crippen LogP contribution < -0.4 is 5.32 Å². The highest BCUT2D eigenvalue weighted by molar-refractivity contribution is 5.82. The predicted octanol–water partition coefficient (Wildman–Crippen LogP) is 1.01. The summed E-state index contributed by atoms with van der Waals surface area (Å²) in [5, 5.41) is 3.28. The van der Waals surface area contributed by atoms with Crippen LogP contribution in [0.4, 0.5) is 0 Å². The Labute approximate surface area is 96.1 Å². The predicted molar refractivity (Wildman–Crippen MR) is 62.2 cm³/mol. The van der Waals surface area contributed by atoms with E-state index in [0.717, 1.165) is 38.3 Å². The van der Waals surface area contributed by atoms with E-state index in [1.165, 1.54) is 0 Å². The average Bonchev–Trinajstić information content (AvgIpc) is 2.77. The zero-order valence-corrected chi connectivity index (χ0v) is 9.78. The SMILES string of the molecule is CCn1ccnc1CC(=O)C1CCNCC1. The van der Waals surface area contributed by atoms with Crippen LogP contribution in [-0.2, 0) is 17.8 Å².